The third-order valence-corrected chi connectivity index (χ3v) is 4.84. The summed E-state index contributed by atoms with van der Waals surface area (Å²) in [6, 6.07) is 0. The molecule has 0 aliphatic rings. The summed E-state index contributed by atoms with van der Waals surface area (Å²) in [6.45, 7) is 15.0. The van der Waals surface area contributed by atoms with Gasteiger partial charge in [0.05, 0.1) is 6.42 Å². The monoisotopic (exact) mass is 276 g/mol. The molecule has 2 nitrogen and oxygen atoms in total. The van der Waals surface area contributed by atoms with E-state index in [1.54, 1.807) is 0 Å². The second-order valence-electron chi connectivity index (χ2n) is 6.84. The first-order valence-corrected chi connectivity index (χ1v) is 7.34. The molecule has 112 valence electrons. The zero-order valence-corrected chi connectivity index (χ0v) is 14.0. The average Bonchev–Trinajstić information content (AvgIpc) is 2.32. The van der Waals surface area contributed by atoms with Gasteiger partial charge in [-0.1, -0.05) is 13.8 Å². The normalized spacial score (nSPS) is 11.8. The van der Waals surface area contributed by atoms with Crippen molar-refractivity contribution in [2.75, 3.05) is 0 Å². The summed E-state index contributed by atoms with van der Waals surface area (Å²) >= 11 is 0. The first kappa shape index (κ1) is 16.7. The number of hydrogen-bond acceptors (Lipinski definition) is 1. The molecule has 0 aromatic heterocycles. The fourth-order valence-corrected chi connectivity index (χ4v) is 2.91. The lowest BCUT2D eigenvalue weighted by atomic mass is 9.80. The molecule has 1 aromatic rings. The van der Waals surface area contributed by atoms with Gasteiger partial charge in [-0.25, -0.2) is 0 Å². The van der Waals surface area contributed by atoms with E-state index in [2.05, 4.69) is 34.6 Å². The van der Waals surface area contributed by atoms with Crippen molar-refractivity contribution in [2.45, 2.75) is 67.7 Å². The van der Waals surface area contributed by atoms with Crippen LogP contribution in [0.25, 0.3) is 0 Å². The van der Waals surface area contributed by atoms with E-state index < -0.39 is 5.97 Å². The zero-order valence-electron chi connectivity index (χ0n) is 14.0. The summed E-state index contributed by atoms with van der Waals surface area (Å²) < 4.78 is 0. The standard InChI is InChI=1S/C18H28O2/c1-11-12(2)14(4)16(15(5)13(11)3)8-9-18(6,7)10-17(19)20/h8-10H2,1-7H3,(H,19,20). The smallest absolute Gasteiger partial charge is 0.303 e. The Labute approximate surface area is 123 Å². The van der Waals surface area contributed by atoms with Crippen molar-refractivity contribution in [3.8, 4) is 0 Å². The molecule has 20 heavy (non-hydrogen) atoms. The Morgan fingerprint density at radius 1 is 0.900 bits per heavy atom. The minimum atomic E-state index is -0.709. The van der Waals surface area contributed by atoms with Crippen molar-refractivity contribution in [1.29, 1.82) is 0 Å². The van der Waals surface area contributed by atoms with Crippen LogP contribution < -0.4 is 0 Å². The highest BCUT2D eigenvalue weighted by atomic mass is 16.4. The Morgan fingerprint density at radius 2 is 1.30 bits per heavy atom. The van der Waals surface area contributed by atoms with Gasteiger partial charge in [0.2, 0.25) is 0 Å². The highest BCUT2D eigenvalue weighted by Gasteiger charge is 2.23. The molecule has 0 saturated heterocycles. The quantitative estimate of drug-likeness (QED) is 0.849. The predicted octanol–water partition coefficient (Wildman–Crippen LogP) is 4.66. The molecule has 0 aliphatic heterocycles. The number of aliphatic carboxylic acids is 1. The number of rotatable bonds is 5. The maximum Gasteiger partial charge on any atom is 0.303 e. The van der Waals surface area contributed by atoms with Crippen molar-refractivity contribution in [2.24, 2.45) is 5.41 Å². The van der Waals surface area contributed by atoms with Crippen LogP contribution in [0.3, 0.4) is 0 Å². The van der Waals surface area contributed by atoms with Crippen molar-refractivity contribution >= 4 is 5.97 Å². The molecular weight excluding hydrogens is 248 g/mol. The zero-order chi connectivity index (χ0) is 15.7. The summed E-state index contributed by atoms with van der Waals surface area (Å²) in [7, 11) is 0. The summed E-state index contributed by atoms with van der Waals surface area (Å²) in [5.74, 6) is -0.709. The summed E-state index contributed by atoms with van der Waals surface area (Å²) in [6.07, 6.45) is 2.09. The van der Waals surface area contributed by atoms with Crippen molar-refractivity contribution in [3.05, 3.63) is 33.4 Å². The van der Waals surface area contributed by atoms with Crippen LogP contribution in [-0.4, -0.2) is 11.1 Å². The molecule has 1 rings (SSSR count). The lowest BCUT2D eigenvalue weighted by Gasteiger charge is -2.25. The van der Waals surface area contributed by atoms with Crippen LogP contribution in [-0.2, 0) is 11.2 Å². The van der Waals surface area contributed by atoms with Gasteiger partial charge in [0.15, 0.2) is 0 Å². The third kappa shape index (κ3) is 3.62. The first-order chi connectivity index (χ1) is 9.07. The lowest BCUT2D eigenvalue weighted by Crippen LogP contribution is -2.18. The molecule has 0 atom stereocenters. The molecule has 0 spiro atoms. The molecular formula is C18H28O2. The summed E-state index contributed by atoms with van der Waals surface area (Å²) in [5, 5.41) is 8.98. The largest absolute Gasteiger partial charge is 0.481 e. The average molecular weight is 276 g/mol. The first-order valence-electron chi connectivity index (χ1n) is 7.34. The molecule has 0 heterocycles. The van der Waals surface area contributed by atoms with E-state index >= 15 is 0 Å². The summed E-state index contributed by atoms with van der Waals surface area (Å²) in [4.78, 5) is 10.9. The van der Waals surface area contributed by atoms with E-state index in [1.165, 1.54) is 33.4 Å². The highest BCUT2D eigenvalue weighted by Crippen LogP contribution is 2.31. The maximum atomic E-state index is 10.9. The number of carboxylic acids is 1. The minimum absolute atomic E-state index is 0.155. The molecule has 1 N–H and O–H groups in total. The van der Waals surface area contributed by atoms with Gasteiger partial charge < -0.3 is 5.11 Å². The van der Waals surface area contributed by atoms with Crippen molar-refractivity contribution < 1.29 is 9.90 Å². The predicted molar refractivity (Wildman–Crippen MR) is 84.5 cm³/mol. The van der Waals surface area contributed by atoms with Gasteiger partial charge >= 0.3 is 5.97 Å². The molecule has 0 bridgehead atoms. The number of benzene rings is 1. The Hall–Kier alpha value is -1.31. The van der Waals surface area contributed by atoms with Crippen LogP contribution in [0.1, 0.15) is 60.1 Å². The molecule has 0 fully saturated rings. The van der Waals surface area contributed by atoms with Crippen LogP contribution >= 0.6 is 0 Å². The van der Waals surface area contributed by atoms with Crippen LogP contribution in [0.2, 0.25) is 0 Å². The van der Waals surface area contributed by atoms with Gasteiger partial charge in [-0.05, 0) is 86.3 Å². The molecule has 0 radical (unpaired) electrons. The van der Waals surface area contributed by atoms with E-state index in [0.717, 1.165) is 12.8 Å². The van der Waals surface area contributed by atoms with Crippen molar-refractivity contribution in [1.82, 2.24) is 0 Å². The fraction of sp³-hybridized carbons (Fsp3) is 0.611. The van der Waals surface area contributed by atoms with Gasteiger partial charge in [-0.15, -0.1) is 0 Å². The van der Waals surface area contributed by atoms with Crippen molar-refractivity contribution in [3.63, 3.8) is 0 Å². The van der Waals surface area contributed by atoms with Gasteiger partial charge in [0, 0.05) is 0 Å². The second kappa shape index (κ2) is 5.99. The molecule has 1 aromatic carbocycles. The van der Waals surface area contributed by atoms with E-state index in [4.69, 9.17) is 5.11 Å². The Bertz CT molecular complexity index is 496. The van der Waals surface area contributed by atoms with Gasteiger partial charge in [-0.2, -0.15) is 0 Å². The minimum Gasteiger partial charge on any atom is -0.481 e. The Balaban J connectivity index is 3.03. The highest BCUT2D eigenvalue weighted by molar-refractivity contribution is 5.67. The molecule has 0 amide bonds. The molecule has 0 aliphatic carbocycles. The summed E-state index contributed by atoms with van der Waals surface area (Å²) in [5.41, 5.74) is 8.13. The lowest BCUT2D eigenvalue weighted by molar-refractivity contribution is -0.139. The molecule has 2 heteroatoms. The molecule has 0 saturated carbocycles. The SMILES string of the molecule is Cc1c(C)c(C)c(CCC(C)(C)CC(=O)O)c(C)c1C. The third-order valence-electron chi connectivity index (χ3n) is 4.84. The molecule has 0 unspecified atom stereocenters. The maximum absolute atomic E-state index is 10.9. The van der Waals surface area contributed by atoms with Crippen LogP contribution in [0.15, 0.2) is 0 Å². The second-order valence-corrected chi connectivity index (χ2v) is 6.84. The van der Waals surface area contributed by atoms with E-state index in [-0.39, 0.29) is 11.8 Å². The Morgan fingerprint density at radius 3 is 1.70 bits per heavy atom. The van der Waals surface area contributed by atoms with E-state index in [0.29, 0.717) is 0 Å². The van der Waals surface area contributed by atoms with Crippen LogP contribution in [0, 0.1) is 40.0 Å². The van der Waals surface area contributed by atoms with E-state index in [9.17, 15) is 4.79 Å². The Kier molecular flexibility index (Phi) is 5.01. The number of hydrogen-bond donors (Lipinski definition) is 1. The van der Waals surface area contributed by atoms with Gasteiger partial charge in [0.1, 0.15) is 0 Å². The van der Waals surface area contributed by atoms with Gasteiger partial charge in [-0.3, -0.25) is 4.79 Å². The van der Waals surface area contributed by atoms with Crippen LogP contribution in [0.4, 0.5) is 0 Å². The number of carboxylic acid groups (broad SMARTS) is 1. The van der Waals surface area contributed by atoms with Gasteiger partial charge in [0.25, 0.3) is 0 Å². The number of carbonyl (C=O) groups is 1. The van der Waals surface area contributed by atoms with E-state index in [1.807, 2.05) is 13.8 Å². The topological polar surface area (TPSA) is 37.3 Å². The fourth-order valence-electron chi connectivity index (χ4n) is 2.91. The van der Waals surface area contributed by atoms with Crippen LogP contribution in [0.5, 0.6) is 0 Å².